The lowest BCUT2D eigenvalue weighted by atomic mass is 10.1. The topological polar surface area (TPSA) is 55.6 Å². The SMILES string of the molecule is COC(=O)c1cc(C(N)=S)ccc1N(C)C. The van der Waals surface area contributed by atoms with Crippen LogP contribution in [0.3, 0.4) is 0 Å². The third-order valence-electron chi connectivity index (χ3n) is 2.17. The molecule has 86 valence electrons. The predicted octanol–water partition coefficient (Wildman–Crippen LogP) is 1.17. The molecule has 2 N–H and O–H groups in total. The smallest absolute Gasteiger partial charge is 0.339 e. The molecule has 0 heterocycles. The highest BCUT2D eigenvalue weighted by molar-refractivity contribution is 7.80. The van der Waals surface area contributed by atoms with Gasteiger partial charge in [0.05, 0.1) is 18.4 Å². The minimum atomic E-state index is -0.401. The minimum absolute atomic E-state index is 0.260. The summed E-state index contributed by atoms with van der Waals surface area (Å²) in [6.45, 7) is 0. The number of hydrogen-bond donors (Lipinski definition) is 1. The molecule has 0 fully saturated rings. The Kier molecular flexibility index (Phi) is 3.84. The van der Waals surface area contributed by atoms with Gasteiger partial charge in [0.15, 0.2) is 0 Å². The largest absolute Gasteiger partial charge is 0.465 e. The maximum absolute atomic E-state index is 11.6. The van der Waals surface area contributed by atoms with Gasteiger partial charge in [-0.1, -0.05) is 12.2 Å². The van der Waals surface area contributed by atoms with Crippen molar-refractivity contribution >= 4 is 28.9 Å². The molecule has 0 aliphatic carbocycles. The first kappa shape index (κ1) is 12.4. The molecule has 1 rings (SSSR count). The lowest BCUT2D eigenvalue weighted by Crippen LogP contribution is -2.17. The van der Waals surface area contributed by atoms with Crippen LogP contribution in [0.25, 0.3) is 0 Å². The molecule has 0 aliphatic rings. The van der Waals surface area contributed by atoms with E-state index in [4.69, 9.17) is 22.7 Å². The fraction of sp³-hybridized carbons (Fsp3) is 0.273. The molecule has 5 heteroatoms. The first-order valence-corrected chi connectivity index (χ1v) is 5.07. The van der Waals surface area contributed by atoms with Crippen LogP contribution in [0.15, 0.2) is 18.2 Å². The second-order valence-electron chi connectivity index (χ2n) is 3.48. The molecular formula is C11H14N2O2S. The number of hydrogen-bond acceptors (Lipinski definition) is 4. The van der Waals surface area contributed by atoms with Crippen LogP contribution in [0.5, 0.6) is 0 Å². The van der Waals surface area contributed by atoms with E-state index in [-0.39, 0.29) is 4.99 Å². The first-order valence-electron chi connectivity index (χ1n) is 4.67. The van der Waals surface area contributed by atoms with Crippen molar-refractivity contribution in [2.24, 2.45) is 5.73 Å². The van der Waals surface area contributed by atoms with E-state index in [1.165, 1.54) is 7.11 Å². The molecule has 0 saturated heterocycles. The summed E-state index contributed by atoms with van der Waals surface area (Å²) in [6.07, 6.45) is 0. The van der Waals surface area contributed by atoms with E-state index in [1.54, 1.807) is 18.2 Å². The second kappa shape index (κ2) is 4.94. The highest BCUT2D eigenvalue weighted by atomic mass is 32.1. The van der Waals surface area contributed by atoms with Crippen molar-refractivity contribution in [1.29, 1.82) is 0 Å². The maximum atomic E-state index is 11.6. The second-order valence-corrected chi connectivity index (χ2v) is 3.92. The average molecular weight is 238 g/mol. The van der Waals surface area contributed by atoms with E-state index >= 15 is 0 Å². The summed E-state index contributed by atoms with van der Waals surface area (Å²) in [5.41, 5.74) is 7.40. The normalized spacial score (nSPS) is 9.69. The monoisotopic (exact) mass is 238 g/mol. The number of carbonyl (C=O) groups excluding carboxylic acids is 1. The van der Waals surface area contributed by atoms with Crippen LogP contribution in [0, 0.1) is 0 Å². The average Bonchev–Trinajstić information content (AvgIpc) is 2.26. The van der Waals surface area contributed by atoms with Crippen molar-refractivity contribution in [3.8, 4) is 0 Å². The van der Waals surface area contributed by atoms with Gasteiger partial charge in [0.25, 0.3) is 0 Å². The molecule has 16 heavy (non-hydrogen) atoms. The molecule has 1 aromatic carbocycles. The lowest BCUT2D eigenvalue weighted by molar-refractivity contribution is 0.0601. The van der Waals surface area contributed by atoms with Crippen LogP contribution in [0.4, 0.5) is 5.69 Å². The van der Waals surface area contributed by atoms with Gasteiger partial charge in [-0.2, -0.15) is 0 Å². The first-order chi connectivity index (χ1) is 7.47. The van der Waals surface area contributed by atoms with Gasteiger partial charge in [0.1, 0.15) is 4.99 Å². The van der Waals surface area contributed by atoms with Crippen molar-refractivity contribution in [3.05, 3.63) is 29.3 Å². The zero-order valence-electron chi connectivity index (χ0n) is 9.48. The molecule has 0 atom stereocenters. The summed E-state index contributed by atoms with van der Waals surface area (Å²) in [5.74, 6) is -0.401. The van der Waals surface area contributed by atoms with Gasteiger partial charge in [-0.3, -0.25) is 0 Å². The number of carbonyl (C=O) groups is 1. The van der Waals surface area contributed by atoms with Crippen LogP contribution in [0.2, 0.25) is 0 Å². The van der Waals surface area contributed by atoms with Gasteiger partial charge in [-0.25, -0.2) is 4.79 Å². The summed E-state index contributed by atoms with van der Waals surface area (Å²) in [6, 6.07) is 5.22. The Balaban J connectivity index is 3.32. The number of rotatable bonds is 3. The van der Waals surface area contributed by atoms with Crippen molar-refractivity contribution in [1.82, 2.24) is 0 Å². The third-order valence-corrected chi connectivity index (χ3v) is 2.40. The molecular weight excluding hydrogens is 224 g/mol. The quantitative estimate of drug-likeness (QED) is 0.633. The van der Waals surface area contributed by atoms with Crippen molar-refractivity contribution in [2.45, 2.75) is 0 Å². The number of nitrogens with two attached hydrogens (primary N) is 1. The Bertz CT molecular complexity index is 430. The van der Waals surface area contributed by atoms with Crippen molar-refractivity contribution < 1.29 is 9.53 Å². The number of thiocarbonyl (C=S) groups is 1. The predicted molar refractivity (Wildman–Crippen MR) is 68.0 cm³/mol. The van der Waals surface area contributed by atoms with Gasteiger partial charge < -0.3 is 15.4 Å². The molecule has 0 spiro atoms. The van der Waals surface area contributed by atoms with E-state index in [2.05, 4.69) is 0 Å². The maximum Gasteiger partial charge on any atom is 0.339 e. The number of nitrogens with zero attached hydrogens (tertiary/aromatic N) is 1. The standard InChI is InChI=1S/C11H14N2O2S/c1-13(2)9-5-4-7(10(12)16)6-8(9)11(14)15-3/h4-6H,1-3H3,(H2,12,16). The summed E-state index contributed by atoms with van der Waals surface area (Å²) >= 11 is 4.87. The van der Waals surface area contributed by atoms with E-state index < -0.39 is 5.97 Å². The Labute approximate surface area is 100.0 Å². The summed E-state index contributed by atoms with van der Waals surface area (Å²) in [4.78, 5) is 13.7. The number of ether oxygens (including phenoxy) is 1. The van der Waals surface area contributed by atoms with Crippen LogP contribution in [-0.2, 0) is 4.74 Å². The van der Waals surface area contributed by atoms with Crippen molar-refractivity contribution in [2.75, 3.05) is 26.1 Å². The number of benzene rings is 1. The minimum Gasteiger partial charge on any atom is -0.465 e. The zero-order chi connectivity index (χ0) is 12.3. The van der Waals surface area contributed by atoms with E-state index in [0.29, 0.717) is 11.1 Å². The van der Waals surface area contributed by atoms with Crippen LogP contribution >= 0.6 is 12.2 Å². The molecule has 0 amide bonds. The number of esters is 1. The molecule has 0 unspecified atom stereocenters. The third kappa shape index (κ3) is 2.49. The van der Waals surface area contributed by atoms with Crippen LogP contribution < -0.4 is 10.6 Å². The van der Waals surface area contributed by atoms with Gasteiger partial charge >= 0.3 is 5.97 Å². The van der Waals surface area contributed by atoms with Gasteiger partial charge in [0, 0.05) is 19.7 Å². The highest BCUT2D eigenvalue weighted by Gasteiger charge is 2.14. The zero-order valence-corrected chi connectivity index (χ0v) is 10.3. The lowest BCUT2D eigenvalue weighted by Gasteiger charge is -2.16. The molecule has 0 radical (unpaired) electrons. The number of methoxy groups -OCH3 is 1. The molecule has 4 nitrogen and oxygen atoms in total. The van der Waals surface area contributed by atoms with E-state index in [0.717, 1.165) is 5.69 Å². The van der Waals surface area contributed by atoms with Crippen LogP contribution in [0.1, 0.15) is 15.9 Å². The van der Waals surface area contributed by atoms with Gasteiger partial charge in [0.2, 0.25) is 0 Å². The van der Waals surface area contributed by atoms with Gasteiger partial charge in [-0.05, 0) is 18.2 Å². The molecule has 0 bridgehead atoms. The van der Waals surface area contributed by atoms with Gasteiger partial charge in [-0.15, -0.1) is 0 Å². The molecule has 0 aromatic heterocycles. The van der Waals surface area contributed by atoms with E-state index in [1.807, 2.05) is 19.0 Å². The Morgan fingerprint density at radius 3 is 2.50 bits per heavy atom. The molecule has 0 aliphatic heterocycles. The molecule has 0 saturated carbocycles. The highest BCUT2D eigenvalue weighted by Crippen LogP contribution is 2.21. The summed E-state index contributed by atoms with van der Waals surface area (Å²) < 4.78 is 4.71. The number of anilines is 1. The van der Waals surface area contributed by atoms with Crippen molar-refractivity contribution in [3.63, 3.8) is 0 Å². The Morgan fingerprint density at radius 1 is 1.44 bits per heavy atom. The van der Waals surface area contributed by atoms with E-state index in [9.17, 15) is 4.79 Å². The Morgan fingerprint density at radius 2 is 2.06 bits per heavy atom. The Hall–Kier alpha value is -1.62. The molecule has 1 aromatic rings. The summed E-state index contributed by atoms with van der Waals surface area (Å²) in [7, 11) is 5.04. The summed E-state index contributed by atoms with van der Waals surface area (Å²) in [5, 5.41) is 0. The fourth-order valence-corrected chi connectivity index (χ4v) is 1.48. The van der Waals surface area contributed by atoms with Crippen LogP contribution in [-0.4, -0.2) is 32.2 Å². The fourth-order valence-electron chi connectivity index (χ4n) is 1.35.